The van der Waals surface area contributed by atoms with E-state index in [-0.39, 0.29) is 11.2 Å². The lowest BCUT2D eigenvalue weighted by Crippen LogP contribution is -2.61. The predicted octanol–water partition coefficient (Wildman–Crippen LogP) is 2.81. The van der Waals surface area contributed by atoms with Gasteiger partial charge in [-0.2, -0.15) is 4.98 Å². The van der Waals surface area contributed by atoms with Crippen LogP contribution < -0.4 is 16.3 Å². The third kappa shape index (κ3) is 3.10. The van der Waals surface area contributed by atoms with Gasteiger partial charge in [-0.3, -0.25) is 14.1 Å². The minimum atomic E-state index is -0.665. The Morgan fingerprint density at radius 2 is 1.94 bits per heavy atom. The molecule has 7 rings (SSSR count). The van der Waals surface area contributed by atoms with E-state index in [0.717, 1.165) is 54.7 Å². The molecule has 3 heterocycles. The number of aryl methyl sites for hydroxylation is 2. The first-order valence-electron chi connectivity index (χ1n) is 12.0. The summed E-state index contributed by atoms with van der Waals surface area (Å²) in [6, 6.07) is 1.95. The van der Waals surface area contributed by atoms with Gasteiger partial charge >= 0.3 is 5.69 Å². The van der Waals surface area contributed by atoms with E-state index in [4.69, 9.17) is 4.98 Å². The average molecular weight is 462 g/mol. The van der Waals surface area contributed by atoms with Crippen LogP contribution in [-0.4, -0.2) is 41.8 Å². The molecule has 178 valence electrons. The molecule has 0 spiro atoms. The second-order valence-electron chi connectivity index (χ2n) is 10.7. The second kappa shape index (κ2) is 7.15. The number of nitrogens with zero attached hydrogens (tertiary/aromatic N) is 5. The number of nitrogens with one attached hydrogen (secondary N) is 2. The Kier molecular flexibility index (Phi) is 4.49. The van der Waals surface area contributed by atoms with Crippen molar-refractivity contribution < 1.29 is 5.11 Å². The van der Waals surface area contributed by atoms with Crippen molar-refractivity contribution in [3.63, 3.8) is 0 Å². The minimum absolute atomic E-state index is 0.0835. The molecule has 4 fully saturated rings. The van der Waals surface area contributed by atoms with E-state index in [9.17, 15) is 9.90 Å². The van der Waals surface area contributed by atoms with Crippen molar-refractivity contribution >= 4 is 28.5 Å². The Morgan fingerprint density at radius 3 is 2.59 bits per heavy atom. The monoisotopic (exact) mass is 461 g/mol. The largest absolute Gasteiger partial charge is 0.390 e. The van der Waals surface area contributed by atoms with Crippen molar-refractivity contribution in [2.24, 2.45) is 18.9 Å². The molecule has 0 aromatic carbocycles. The first-order chi connectivity index (χ1) is 16.2. The molecule has 4 saturated carbocycles. The molecule has 3 aromatic heterocycles. The Balaban J connectivity index is 1.42. The van der Waals surface area contributed by atoms with Crippen LogP contribution in [0, 0.1) is 18.8 Å². The number of rotatable bonds is 5. The van der Waals surface area contributed by atoms with Gasteiger partial charge in [0.2, 0.25) is 5.95 Å². The number of pyridine rings is 1. The molecular weight excluding hydrogens is 430 g/mol. The fourth-order valence-electron chi connectivity index (χ4n) is 7.13. The number of aliphatic hydroxyl groups is 1. The predicted molar refractivity (Wildman–Crippen MR) is 131 cm³/mol. The Bertz CT molecular complexity index is 1370. The molecule has 34 heavy (non-hydrogen) atoms. The Labute approximate surface area is 198 Å². The number of anilines is 2. The molecule has 4 bridgehead atoms. The summed E-state index contributed by atoms with van der Waals surface area (Å²) in [6.07, 6.45) is 8.80. The van der Waals surface area contributed by atoms with E-state index in [1.807, 2.05) is 24.6 Å². The molecular formula is C25H31N7O2. The first-order valence-corrected chi connectivity index (χ1v) is 12.0. The van der Waals surface area contributed by atoms with Gasteiger partial charge in [-0.1, -0.05) is 6.58 Å². The number of aromatic nitrogens is 5. The van der Waals surface area contributed by atoms with E-state index in [1.165, 1.54) is 0 Å². The summed E-state index contributed by atoms with van der Waals surface area (Å²) in [4.78, 5) is 27.3. The van der Waals surface area contributed by atoms with Gasteiger partial charge in [-0.15, -0.1) is 0 Å². The van der Waals surface area contributed by atoms with E-state index in [1.54, 1.807) is 24.0 Å². The van der Waals surface area contributed by atoms with Crippen molar-refractivity contribution in [2.75, 3.05) is 12.4 Å². The lowest BCUT2D eigenvalue weighted by Gasteiger charge is -2.60. The summed E-state index contributed by atoms with van der Waals surface area (Å²) in [6.45, 7) is 5.95. The van der Waals surface area contributed by atoms with Gasteiger partial charge in [0.05, 0.1) is 40.6 Å². The molecule has 0 aliphatic heterocycles. The molecule has 2 atom stereocenters. The van der Waals surface area contributed by atoms with E-state index < -0.39 is 5.60 Å². The van der Waals surface area contributed by atoms with Gasteiger partial charge in [0.25, 0.3) is 0 Å². The second-order valence-corrected chi connectivity index (χ2v) is 10.7. The summed E-state index contributed by atoms with van der Waals surface area (Å²) < 4.78 is 3.51. The van der Waals surface area contributed by atoms with Crippen molar-refractivity contribution in [3.05, 3.63) is 46.8 Å². The maximum absolute atomic E-state index is 13.5. The molecule has 9 nitrogen and oxygen atoms in total. The maximum Gasteiger partial charge on any atom is 0.330 e. The van der Waals surface area contributed by atoms with Crippen LogP contribution in [0.3, 0.4) is 0 Å². The van der Waals surface area contributed by atoms with Gasteiger partial charge in [0, 0.05) is 14.1 Å². The normalized spacial score (nSPS) is 29.5. The average Bonchev–Trinajstić information content (AvgIpc) is 3.03. The quantitative estimate of drug-likeness (QED) is 0.536. The fraction of sp³-hybridized carbons (Fsp3) is 0.520. The van der Waals surface area contributed by atoms with E-state index in [0.29, 0.717) is 35.4 Å². The van der Waals surface area contributed by atoms with Crippen LogP contribution in [0.25, 0.3) is 16.9 Å². The third-order valence-electron chi connectivity index (χ3n) is 8.24. The summed E-state index contributed by atoms with van der Waals surface area (Å²) >= 11 is 0. The minimum Gasteiger partial charge on any atom is -0.390 e. The highest BCUT2D eigenvalue weighted by Crippen LogP contribution is 2.60. The molecule has 3 aromatic rings. The topological polar surface area (TPSA) is 110 Å². The van der Waals surface area contributed by atoms with Crippen molar-refractivity contribution in [1.82, 2.24) is 29.4 Å². The number of fused-ring (bicyclic) bond motifs is 1. The summed E-state index contributed by atoms with van der Waals surface area (Å²) in [5, 5.41) is 17.6. The maximum atomic E-state index is 13.5. The third-order valence-corrected chi connectivity index (χ3v) is 8.24. The highest BCUT2D eigenvalue weighted by Gasteiger charge is 2.59. The SMILES string of the molecule is C=C(NC)c1cc(C)c(Nc2ncc3c(n2)n(C24CC5CC(CC(O)(C5)C2)C4)c(=O)n3C)cn1. The smallest absolute Gasteiger partial charge is 0.330 e. The summed E-state index contributed by atoms with van der Waals surface area (Å²) in [5.74, 6) is 1.35. The number of hydrogen-bond donors (Lipinski definition) is 3. The number of imidazole rings is 1. The summed E-state index contributed by atoms with van der Waals surface area (Å²) in [7, 11) is 3.59. The first kappa shape index (κ1) is 21.3. The summed E-state index contributed by atoms with van der Waals surface area (Å²) in [5.41, 5.74) is 3.50. The zero-order valence-electron chi connectivity index (χ0n) is 19.9. The van der Waals surface area contributed by atoms with Gasteiger partial charge in [-0.05, 0) is 68.9 Å². The highest BCUT2D eigenvalue weighted by molar-refractivity contribution is 5.73. The number of hydrogen-bond acceptors (Lipinski definition) is 7. The molecule has 4 aliphatic carbocycles. The van der Waals surface area contributed by atoms with Crippen LogP contribution in [-0.2, 0) is 12.6 Å². The van der Waals surface area contributed by atoms with Crippen LogP contribution in [0.4, 0.5) is 11.6 Å². The Morgan fingerprint density at radius 1 is 1.21 bits per heavy atom. The molecule has 0 amide bonds. The van der Waals surface area contributed by atoms with Gasteiger partial charge in [0.1, 0.15) is 5.52 Å². The molecule has 0 radical (unpaired) electrons. The van der Waals surface area contributed by atoms with Crippen LogP contribution in [0.2, 0.25) is 0 Å². The zero-order chi connectivity index (χ0) is 23.8. The van der Waals surface area contributed by atoms with Crippen LogP contribution in [0.5, 0.6) is 0 Å². The van der Waals surface area contributed by atoms with E-state index in [2.05, 4.69) is 27.2 Å². The molecule has 2 unspecified atom stereocenters. The highest BCUT2D eigenvalue weighted by atomic mass is 16.3. The van der Waals surface area contributed by atoms with Crippen molar-refractivity contribution in [2.45, 2.75) is 56.6 Å². The fourth-order valence-corrected chi connectivity index (χ4v) is 7.13. The standard InChI is InChI=1S/C25H31N7O2/c1-14-5-18(15(2)26-3)27-11-19(14)29-22-28-12-20-21(30-22)32(23(33)31(20)4)24-7-16-6-17(8-24)10-25(34,9-16)13-24/h5,11-12,16-17,26,34H,2,6-10,13H2,1,3-4H3,(H,28,29,30). The van der Waals surface area contributed by atoms with Crippen LogP contribution >= 0.6 is 0 Å². The van der Waals surface area contributed by atoms with Crippen molar-refractivity contribution in [1.29, 1.82) is 0 Å². The van der Waals surface area contributed by atoms with Crippen LogP contribution in [0.1, 0.15) is 49.8 Å². The zero-order valence-corrected chi connectivity index (χ0v) is 19.9. The van der Waals surface area contributed by atoms with Gasteiger partial charge < -0.3 is 15.7 Å². The molecule has 0 saturated heterocycles. The van der Waals surface area contributed by atoms with Crippen LogP contribution in [0.15, 0.2) is 29.8 Å². The lowest BCUT2D eigenvalue weighted by molar-refractivity contribution is -0.156. The van der Waals surface area contributed by atoms with Gasteiger partial charge in [0.15, 0.2) is 5.65 Å². The molecule has 4 aliphatic rings. The van der Waals surface area contributed by atoms with E-state index >= 15 is 0 Å². The molecule has 3 N–H and O–H groups in total. The molecule has 9 heteroatoms. The van der Waals surface area contributed by atoms with Crippen molar-refractivity contribution in [3.8, 4) is 0 Å². The van der Waals surface area contributed by atoms with Gasteiger partial charge in [-0.25, -0.2) is 9.78 Å². The lowest BCUT2D eigenvalue weighted by atomic mass is 9.51. The Hall–Kier alpha value is -3.20.